The Bertz CT molecular complexity index is 442. The van der Waals surface area contributed by atoms with Gasteiger partial charge in [-0.15, -0.1) is 0 Å². The number of anilines is 1. The molecule has 5 heteroatoms. The number of nitrogens with one attached hydrogen (secondary N) is 1. The molecule has 0 aromatic carbocycles. The Morgan fingerprint density at radius 2 is 1.95 bits per heavy atom. The molecule has 0 unspecified atom stereocenters. The van der Waals surface area contributed by atoms with E-state index in [4.69, 9.17) is 11.6 Å². The fourth-order valence-corrected chi connectivity index (χ4v) is 2.78. The lowest BCUT2D eigenvalue weighted by atomic mass is 10.0. The van der Waals surface area contributed by atoms with Gasteiger partial charge in [-0.25, -0.2) is 9.97 Å². The van der Waals surface area contributed by atoms with Crippen LogP contribution in [0.15, 0.2) is 0 Å². The summed E-state index contributed by atoms with van der Waals surface area (Å²) in [6, 6.07) is 0.497. The molecule has 1 saturated heterocycles. The molecule has 112 valence electrons. The lowest BCUT2D eigenvalue weighted by Crippen LogP contribution is -2.39. The van der Waals surface area contributed by atoms with Gasteiger partial charge in [0.25, 0.3) is 0 Å². The molecule has 2 rings (SSSR count). The number of hydrogen-bond donors (Lipinski definition) is 1. The van der Waals surface area contributed by atoms with E-state index < -0.39 is 0 Å². The fourth-order valence-electron chi connectivity index (χ4n) is 2.60. The SMILES string of the molecule is CCCc1nc(Cl)c(C)c(NC2CCN(CC)CC2)n1. The van der Waals surface area contributed by atoms with Gasteiger partial charge in [0.15, 0.2) is 0 Å². The molecule has 1 aromatic rings. The van der Waals surface area contributed by atoms with Crippen LogP contribution < -0.4 is 5.32 Å². The van der Waals surface area contributed by atoms with Gasteiger partial charge in [-0.3, -0.25) is 0 Å². The molecule has 0 bridgehead atoms. The zero-order chi connectivity index (χ0) is 14.5. The van der Waals surface area contributed by atoms with E-state index in [0.717, 1.165) is 62.5 Å². The molecule has 1 aliphatic rings. The van der Waals surface area contributed by atoms with E-state index >= 15 is 0 Å². The molecule has 0 radical (unpaired) electrons. The zero-order valence-electron chi connectivity index (χ0n) is 12.7. The third-order valence-electron chi connectivity index (χ3n) is 3.98. The molecule has 0 aliphatic carbocycles. The van der Waals surface area contributed by atoms with Gasteiger partial charge >= 0.3 is 0 Å². The van der Waals surface area contributed by atoms with Gasteiger partial charge in [0.2, 0.25) is 0 Å². The van der Waals surface area contributed by atoms with Crippen molar-refractivity contribution in [2.45, 2.75) is 52.5 Å². The van der Waals surface area contributed by atoms with E-state index in [1.807, 2.05) is 6.92 Å². The Morgan fingerprint density at radius 1 is 1.25 bits per heavy atom. The molecule has 1 aromatic heterocycles. The summed E-state index contributed by atoms with van der Waals surface area (Å²) in [6.07, 6.45) is 4.24. The van der Waals surface area contributed by atoms with E-state index in [-0.39, 0.29) is 0 Å². The first kappa shape index (κ1) is 15.5. The second-order valence-corrected chi connectivity index (χ2v) is 5.87. The minimum atomic E-state index is 0.497. The molecular weight excluding hydrogens is 272 g/mol. The van der Waals surface area contributed by atoms with Gasteiger partial charge in [-0.05, 0) is 32.7 Å². The first-order chi connectivity index (χ1) is 9.63. The average molecular weight is 297 g/mol. The summed E-state index contributed by atoms with van der Waals surface area (Å²) in [5.41, 5.74) is 0.962. The van der Waals surface area contributed by atoms with Gasteiger partial charge in [-0.2, -0.15) is 0 Å². The van der Waals surface area contributed by atoms with Crippen LogP contribution in [0, 0.1) is 6.92 Å². The number of halogens is 1. The minimum Gasteiger partial charge on any atom is -0.367 e. The fraction of sp³-hybridized carbons (Fsp3) is 0.733. The summed E-state index contributed by atoms with van der Waals surface area (Å²) >= 11 is 6.22. The maximum atomic E-state index is 6.22. The van der Waals surface area contributed by atoms with Crippen LogP contribution in [0.25, 0.3) is 0 Å². The molecule has 0 atom stereocenters. The van der Waals surface area contributed by atoms with Gasteiger partial charge in [-0.1, -0.05) is 25.4 Å². The van der Waals surface area contributed by atoms with E-state index in [1.54, 1.807) is 0 Å². The predicted molar refractivity (Wildman–Crippen MR) is 84.5 cm³/mol. The number of piperidine rings is 1. The average Bonchev–Trinajstić information content (AvgIpc) is 2.45. The maximum absolute atomic E-state index is 6.22. The van der Waals surface area contributed by atoms with Crippen LogP contribution >= 0.6 is 11.6 Å². The smallest absolute Gasteiger partial charge is 0.137 e. The molecule has 1 aliphatic heterocycles. The van der Waals surface area contributed by atoms with Gasteiger partial charge in [0.05, 0.1) is 0 Å². The minimum absolute atomic E-state index is 0.497. The van der Waals surface area contributed by atoms with Crippen LogP contribution in [-0.4, -0.2) is 40.5 Å². The van der Waals surface area contributed by atoms with Crippen molar-refractivity contribution in [3.63, 3.8) is 0 Å². The van der Waals surface area contributed by atoms with Crippen molar-refractivity contribution >= 4 is 17.4 Å². The van der Waals surface area contributed by atoms with Gasteiger partial charge < -0.3 is 10.2 Å². The largest absolute Gasteiger partial charge is 0.367 e. The lowest BCUT2D eigenvalue weighted by Gasteiger charge is -2.32. The standard InChI is InChI=1S/C15H25ClN4/c1-4-6-13-18-14(16)11(3)15(19-13)17-12-7-9-20(5-2)10-8-12/h12H,4-10H2,1-3H3,(H,17,18,19). The third-order valence-corrected chi connectivity index (χ3v) is 4.35. The summed E-state index contributed by atoms with van der Waals surface area (Å²) in [6.45, 7) is 9.80. The summed E-state index contributed by atoms with van der Waals surface area (Å²) in [5, 5.41) is 4.15. The number of nitrogens with zero attached hydrogens (tertiary/aromatic N) is 3. The lowest BCUT2D eigenvalue weighted by molar-refractivity contribution is 0.229. The molecule has 1 N–H and O–H groups in total. The van der Waals surface area contributed by atoms with Crippen molar-refractivity contribution in [2.24, 2.45) is 0 Å². The maximum Gasteiger partial charge on any atom is 0.137 e. The van der Waals surface area contributed by atoms with Crippen LogP contribution in [0.1, 0.15) is 44.5 Å². The molecule has 1 fully saturated rings. The Kier molecular flexibility index (Phi) is 5.61. The normalized spacial score (nSPS) is 17.4. The number of aromatic nitrogens is 2. The van der Waals surface area contributed by atoms with Crippen molar-refractivity contribution in [2.75, 3.05) is 25.0 Å². The second-order valence-electron chi connectivity index (χ2n) is 5.51. The van der Waals surface area contributed by atoms with Crippen LogP contribution in [0.3, 0.4) is 0 Å². The Morgan fingerprint density at radius 3 is 2.55 bits per heavy atom. The number of rotatable bonds is 5. The second kappa shape index (κ2) is 7.23. The zero-order valence-corrected chi connectivity index (χ0v) is 13.5. The molecule has 0 saturated carbocycles. The summed E-state index contributed by atoms with van der Waals surface area (Å²) in [5.74, 6) is 1.76. The highest BCUT2D eigenvalue weighted by molar-refractivity contribution is 6.30. The van der Waals surface area contributed by atoms with Crippen LogP contribution in [0.4, 0.5) is 5.82 Å². The highest BCUT2D eigenvalue weighted by Gasteiger charge is 2.19. The van der Waals surface area contributed by atoms with E-state index in [0.29, 0.717) is 11.2 Å². The Hall–Kier alpha value is -0.870. The number of aryl methyl sites for hydroxylation is 1. The van der Waals surface area contributed by atoms with Gasteiger partial charge in [0, 0.05) is 31.1 Å². The highest BCUT2D eigenvalue weighted by atomic mass is 35.5. The van der Waals surface area contributed by atoms with Crippen molar-refractivity contribution in [1.82, 2.24) is 14.9 Å². The molecule has 2 heterocycles. The van der Waals surface area contributed by atoms with Crippen molar-refractivity contribution in [3.8, 4) is 0 Å². The van der Waals surface area contributed by atoms with E-state index in [9.17, 15) is 0 Å². The third kappa shape index (κ3) is 3.83. The number of hydrogen-bond acceptors (Lipinski definition) is 4. The number of likely N-dealkylation sites (tertiary alicyclic amines) is 1. The summed E-state index contributed by atoms with van der Waals surface area (Å²) in [7, 11) is 0. The van der Waals surface area contributed by atoms with Crippen molar-refractivity contribution < 1.29 is 0 Å². The van der Waals surface area contributed by atoms with Gasteiger partial charge in [0.1, 0.15) is 16.8 Å². The quantitative estimate of drug-likeness (QED) is 0.847. The summed E-state index contributed by atoms with van der Waals surface area (Å²) in [4.78, 5) is 11.5. The predicted octanol–water partition coefficient (Wildman–Crippen LogP) is 3.29. The van der Waals surface area contributed by atoms with Crippen LogP contribution in [-0.2, 0) is 6.42 Å². The van der Waals surface area contributed by atoms with E-state index in [2.05, 4.69) is 34.0 Å². The first-order valence-corrected chi connectivity index (χ1v) is 8.03. The van der Waals surface area contributed by atoms with Crippen LogP contribution in [0.5, 0.6) is 0 Å². The topological polar surface area (TPSA) is 41.1 Å². The first-order valence-electron chi connectivity index (χ1n) is 7.66. The highest BCUT2D eigenvalue weighted by Crippen LogP contribution is 2.23. The molecular formula is C15H25ClN4. The molecule has 4 nitrogen and oxygen atoms in total. The van der Waals surface area contributed by atoms with Crippen molar-refractivity contribution in [1.29, 1.82) is 0 Å². The van der Waals surface area contributed by atoms with Crippen molar-refractivity contribution in [3.05, 3.63) is 16.5 Å². The van der Waals surface area contributed by atoms with E-state index in [1.165, 1.54) is 0 Å². The monoisotopic (exact) mass is 296 g/mol. The molecule has 0 amide bonds. The Balaban J connectivity index is 2.05. The molecule has 0 spiro atoms. The molecule has 20 heavy (non-hydrogen) atoms. The summed E-state index contributed by atoms with van der Waals surface area (Å²) < 4.78 is 0. The Labute approximate surface area is 126 Å². The van der Waals surface area contributed by atoms with Crippen LogP contribution in [0.2, 0.25) is 5.15 Å².